The van der Waals surface area contributed by atoms with Crippen LogP contribution in [-0.4, -0.2) is 23.7 Å². The van der Waals surface area contributed by atoms with Gasteiger partial charge in [0.25, 0.3) is 0 Å². The predicted molar refractivity (Wildman–Crippen MR) is 105 cm³/mol. The smallest absolute Gasteiger partial charge is 0.162 e. The molecule has 1 heterocycles. The number of aryl methyl sites for hydroxylation is 1. The van der Waals surface area contributed by atoms with Crippen molar-refractivity contribution in [2.45, 2.75) is 20.8 Å². The normalized spacial score (nSPS) is 10.5. The van der Waals surface area contributed by atoms with E-state index >= 15 is 0 Å². The van der Waals surface area contributed by atoms with E-state index in [9.17, 15) is 0 Å². The summed E-state index contributed by atoms with van der Waals surface area (Å²) in [6.45, 7) is 6.62. The molecule has 0 saturated heterocycles. The van der Waals surface area contributed by atoms with Gasteiger partial charge in [-0.25, -0.2) is 9.97 Å². The lowest BCUT2D eigenvalue weighted by Crippen LogP contribution is -2.00. The van der Waals surface area contributed by atoms with Crippen molar-refractivity contribution in [1.82, 2.24) is 9.97 Å². The Balaban J connectivity index is 2.00. The molecule has 0 aliphatic rings. The third-order valence-corrected chi connectivity index (χ3v) is 3.93. The van der Waals surface area contributed by atoms with Gasteiger partial charge in [0.1, 0.15) is 18.8 Å². The first-order valence-electron chi connectivity index (χ1n) is 8.49. The molecule has 3 rings (SSSR count). The van der Waals surface area contributed by atoms with Gasteiger partial charge >= 0.3 is 0 Å². The number of fused-ring (bicyclic) bond motifs is 1. The number of benzene rings is 2. The van der Waals surface area contributed by atoms with Crippen LogP contribution in [0.15, 0.2) is 54.4 Å². The van der Waals surface area contributed by atoms with E-state index in [1.807, 2.05) is 44.2 Å². The average molecular weight is 349 g/mol. The Labute approximate surface area is 153 Å². The van der Waals surface area contributed by atoms with Crippen molar-refractivity contribution < 1.29 is 9.47 Å². The SMILES string of the molecule is COc1cc2ncnc(Nc3cccc(C)c3)c2cc1OCC=C(C)C. The van der Waals surface area contributed by atoms with Crippen molar-refractivity contribution in [2.75, 3.05) is 19.0 Å². The maximum Gasteiger partial charge on any atom is 0.162 e. The molecule has 0 bridgehead atoms. The highest BCUT2D eigenvalue weighted by Gasteiger charge is 2.11. The molecule has 0 spiro atoms. The molecule has 134 valence electrons. The van der Waals surface area contributed by atoms with Crippen molar-refractivity contribution in [3.8, 4) is 11.5 Å². The van der Waals surface area contributed by atoms with Gasteiger partial charge in [0.05, 0.1) is 12.6 Å². The van der Waals surface area contributed by atoms with Crippen molar-refractivity contribution in [3.05, 3.63) is 59.9 Å². The highest BCUT2D eigenvalue weighted by atomic mass is 16.5. The van der Waals surface area contributed by atoms with Gasteiger partial charge in [0.15, 0.2) is 11.5 Å². The standard InChI is InChI=1S/C21H23N3O2/c1-14(2)8-9-26-20-11-17-18(12-19(20)25-4)22-13-23-21(17)24-16-7-5-6-15(3)10-16/h5-8,10-13H,9H2,1-4H3,(H,22,23,24). The molecular formula is C21H23N3O2. The quantitative estimate of drug-likeness (QED) is 0.632. The Bertz CT molecular complexity index is 947. The first-order chi connectivity index (χ1) is 12.6. The third kappa shape index (κ3) is 4.11. The fraction of sp³-hybridized carbons (Fsp3) is 0.238. The topological polar surface area (TPSA) is 56.3 Å². The van der Waals surface area contributed by atoms with Crippen LogP contribution >= 0.6 is 0 Å². The minimum atomic E-state index is 0.485. The van der Waals surface area contributed by atoms with E-state index in [2.05, 4.69) is 34.3 Å². The first-order valence-corrected chi connectivity index (χ1v) is 8.49. The van der Waals surface area contributed by atoms with Crippen LogP contribution in [0.4, 0.5) is 11.5 Å². The molecule has 1 N–H and O–H groups in total. The van der Waals surface area contributed by atoms with Crippen molar-refractivity contribution in [3.63, 3.8) is 0 Å². The number of nitrogens with zero attached hydrogens (tertiary/aromatic N) is 2. The van der Waals surface area contributed by atoms with E-state index in [1.165, 1.54) is 11.1 Å². The molecule has 0 saturated carbocycles. The van der Waals surface area contributed by atoms with Crippen LogP contribution in [0.1, 0.15) is 19.4 Å². The Morgan fingerprint density at radius 3 is 2.69 bits per heavy atom. The largest absolute Gasteiger partial charge is 0.493 e. The van der Waals surface area contributed by atoms with Crippen LogP contribution < -0.4 is 14.8 Å². The Hall–Kier alpha value is -3.08. The highest BCUT2D eigenvalue weighted by molar-refractivity contribution is 5.93. The second-order valence-electron chi connectivity index (χ2n) is 6.33. The summed E-state index contributed by atoms with van der Waals surface area (Å²) in [4.78, 5) is 8.77. The number of aromatic nitrogens is 2. The number of allylic oxidation sites excluding steroid dienone is 1. The number of anilines is 2. The number of ether oxygens (including phenoxy) is 2. The predicted octanol–water partition coefficient (Wildman–Crippen LogP) is 5.04. The molecule has 0 aliphatic heterocycles. The zero-order valence-corrected chi connectivity index (χ0v) is 15.5. The maximum atomic E-state index is 5.89. The monoisotopic (exact) mass is 349 g/mol. The highest BCUT2D eigenvalue weighted by Crippen LogP contribution is 2.34. The summed E-state index contributed by atoms with van der Waals surface area (Å²) in [7, 11) is 1.63. The Kier molecular flexibility index (Phi) is 5.37. The molecule has 5 heteroatoms. The number of methoxy groups -OCH3 is 1. The van der Waals surface area contributed by atoms with Gasteiger partial charge in [0, 0.05) is 17.1 Å². The lowest BCUT2D eigenvalue weighted by atomic mass is 10.2. The van der Waals surface area contributed by atoms with Gasteiger partial charge < -0.3 is 14.8 Å². The van der Waals surface area contributed by atoms with E-state index in [0.717, 1.165) is 22.4 Å². The lowest BCUT2D eigenvalue weighted by molar-refractivity contribution is 0.326. The minimum absolute atomic E-state index is 0.485. The van der Waals surface area contributed by atoms with Gasteiger partial charge in [-0.2, -0.15) is 0 Å². The van der Waals surface area contributed by atoms with Crippen molar-refractivity contribution >= 4 is 22.4 Å². The van der Waals surface area contributed by atoms with E-state index in [-0.39, 0.29) is 0 Å². The maximum absolute atomic E-state index is 5.89. The van der Waals surface area contributed by atoms with Gasteiger partial charge in [-0.3, -0.25) is 0 Å². The fourth-order valence-electron chi connectivity index (χ4n) is 2.59. The minimum Gasteiger partial charge on any atom is -0.493 e. The van der Waals surface area contributed by atoms with E-state index in [1.54, 1.807) is 13.4 Å². The summed E-state index contributed by atoms with van der Waals surface area (Å²) in [6, 6.07) is 11.9. The van der Waals surface area contributed by atoms with Crippen LogP contribution in [-0.2, 0) is 0 Å². The zero-order chi connectivity index (χ0) is 18.5. The number of hydrogen-bond donors (Lipinski definition) is 1. The molecule has 0 radical (unpaired) electrons. The lowest BCUT2D eigenvalue weighted by Gasteiger charge is -2.13. The summed E-state index contributed by atoms with van der Waals surface area (Å²) >= 11 is 0. The van der Waals surface area contributed by atoms with E-state index in [4.69, 9.17) is 9.47 Å². The average Bonchev–Trinajstić information content (AvgIpc) is 2.61. The van der Waals surface area contributed by atoms with Gasteiger partial charge in [0.2, 0.25) is 0 Å². The number of rotatable bonds is 6. The molecular weight excluding hydrogens is 326 g/mol. The second-order valence-corrected chi connectivity index (χ2v) is 6.33. The van der Waals surface area contributed by atoms with Crippen LogP contribution in [0, 0.1) is 6.92 Å². The summed E-state index contributed by atoms with van der Waals surface area (Å²) in [6.07, 6.45) is 3.57. The zero-order valence-electron chi connectivity index (χ0n) is 15.5. The molecule has 0 aliphatic carbocycles. The number of hydrogen-bond acceptors (Lipinski definition) is 5. The van der Waals surface area contributed by atoms with E-state index in [0.29, 0.717) is 18.1 Å². The molecule has 26 heavy (non-hydrogen) atoms. The van der Waals surface area contributed by atoms with Gasteiger partial charge in [-0.05, 0) is 50.6 Å². The van der Waals surface area contributed by atoms with Crippen LogP contribution in [0.3, 0.4) is 0 Å². The molecule has 0 atom stereocenters. The summed E-state index contributed by atoms with van der Waals surface area (Å²) in [5.74, 6) is 2.05. The second kappa shape index (κ2) is 7.87. The number of nitrogens with one attached hydrogen (secondary N) is 1. The van der Waals surface area contributed by atoms with E-state index < -0.39 is 0 Å². The summed E-state index contributed by atoms with van der Waals surface area (Å²) < 4.78 is 11.3. The Morgan fingerprint density at radius 2 is 1.96 bits per heavy atom. The molecule has 1 aromatic heterocycles. The Morgan fingerprint density at radius 1 is 1.12 bits per heavy atom. The van der Waals surface area contributed by atoms with Gasteiger partial charge in [-0.15, -0.1) is 0 Å². The fourth-order valence-corrected chi connectivity index (χ4v) is 2.59. The van der Waals surface area contributed by atoms with Crippen molar-refractivity contribution in [1.29, 1.82) is 0 Å². The summed E-state index contributed by atoms with van der Waals surface area (Å²) in [5.41, 5.74) is 4.16. The van der Waals surface area contributed by atoms with Gasteiger partial charge in [-0.1, -0.05) is 17.7 Å². The first kappa shape index (κ1) is 17.7. The molecule has 5 nitrogen and oxygen atoms in total. The molecule has 3 aromatic rings. The van der Waals surface area contributed by atoms with Crippen LogP contribution in [0.2, 0.25) is 0 Å². The molecule has 0 unspecified atom stereocenters. The molecule has 0 amide bonds. The van der Waals surface area contributed by atoms with Crippen LogP contribution in [0.25, 0.3) is 10.9 Å². The summed E-state index contributed by atoms with van der Waals surface area (Å²) in [5, 5.41) is 4.24. The molecule has 2 aromatic carbocycles. The molecule has 0 fully saturated rings. The van der Waals surface area contributed by atoms with Crippen molar-refractivity contribution in [2.24, 2.45) is 0 Å². The van der Waals surface area contributed by atoms with Crippen LogP contribution in [0.5, 0.6) is 11.5 Å². The third-order valence-electron chi connectivity index (χ3n) is 3.93.